The number of hydrogen-bond acceptors (Lipinski definition) is 6. The summed E-state index contributed by atoms with van der Waals surface area (Å²) < 4.78 is 12.7. The Labute approximate surface area is 195 Å². The average Bonchev–Trinajstić information content (AvgIpc) is 3.41. The number of nitrogens with one attached hydrogen (secondary N) is 2. The van der Waals surface area contributed by atoms with E-state index in [2.05, 4.69) is 20.7 Å². The molecule has 34 heavy (non-hydrogen) atoms. The minimum Gasteiger partial charge on any atom is -0.486 e. The molecule has 0 spiro atoms. The summed E-state index contributed by atoms with van der Waals surface area (Å²) in [6.45, 7) is 2.81. The first-order valence-corrected chi connectivity index (χ1v) is 10.7. The number of aryl methyl sites for hydroxylation is 1. The van der Waals surface area contributed by atoms with E-state index in [-0.39, 0.29) is 11.8 Å². The van der Waals surface area contributed by atoms with Crippen molar-refractivity contribution in [1.82, 2.24) is 14.8 Å². The highest BCUT2D eigenvalue weighted by molar-refractivity contribution is 6.07. The number of benzene rings is 2. The molecule has 1 aliphatic rings. The van der Waals surface area contributed by atoms with Crippen molar-refractivity contribution in [1.29, 1.82) is 0 Å². The first kappa shape index (κ1) is 21.2. The molecule has 0 fully saturated rings. The predicted molar refractivity (Wildman–Crippen MR) is 126 cm³/mol. The van der Waals surface area contributed by atoms with Crippen LogP contribution in [-0.4, -0.2) is 39.8 Å². The molecule has 0 atom stereocenters. The maximum atomic E-state index is 12.8. The van der Waals surface area contributed by atoms with Crippen LogP contribution in [0.4, 0.5) is 11.4 Å². The maximum absolute atomic E-state index is 12.8. The van der Waals surface area contributed by atoms with E-state index in [0.717, 1.165) is 5.56 Å². The average molecular weight is 455 g/mol. The number of hydrogen-bond donors (Lipinski definition) is 2. The van der Waals surface area contributed by atoms with Gasteiger partial charge in [-0.05, 0) is 61.0 Å². The second-order valence-corrected chi connectivity index (χ2v) is 7.65. The number of fused-ring (bicyclic) bond motifs is 1. The second kappa shape index (κ2) is 9.07. The van der Waals surface area contributed by atoms with Gasteiger partial charge in [0.25, 0.3) is 11.8 Å². The van der Waals surface area contributed by atoms with Gasteiger partial charge < -0.3 is 20.1 Å². The van der Waals surface area contributed by atoms with Crippen LogP contribution in [0.2, 0.25) is 0 Å². The van der Waals surface area contributed by atoms with Gasteiger partial charge in [0.1, 0.15) is 13.2 Å². The van der Waals surface area contributed by atoms with Crippen molar-refractivity contribution in [2.45, 2.75) is 6.92 Å². The number of nitrogens with zero attached hydrogens (tertiary/aromatic N) is 3. The molecule has 0 saturated heterocycles. The number of aromatic nitrogens is 3. The molecule has 1 aliphatic heterocycles. The third-order valence-corrected chi connectivity index (χ3v) is 5.30. The molecule has 3 heterocycles. The van der Waals surface area contributed by atoms with Gasteiger partial charge in [-0.1, -0.05) is 6.07 Å². The Kier molecular flexibility index (Phi) is 5.65. The van der Waals surface area contributed by atoms with Crippen molar-refractivity contribution >= 4 is 23.2 Å². The van der Waals surface area contributed by atoms with Crippen LogP contribution in [0.15, 0.2) is 73.2 Å². The highest BCUT2D eigenvalue weighted by Gasteiger charge is 2.16. The molecular weight excluding hydrogens is 434 g/mol. The number of pyridine rings is 1. The molecule has 0 bridgehead atoms. The lowest BCUT2D eigenvalue weighted by molar-refractivity contribution is 0.101. The molecule has 170 valence electrons. The monoisotopic (exact) mass is 455 g/mol. The Bertz CT molecular complexity index is 1350. The zero-order chi connectivity index (χ0) is 23.5. The lowest BCUT2D eigenvalue weighted by Gasteiger charge is -2.18. The lowest BCUT2D eigenvalue weighted by Crippen LogP contribution is -2.17. The van der Waals surface area contributed by atoms with Crippen molar-refractivity contribution in [2.24, 2.45) is 0 Å². The number of ether oxygens (including phenoxy) is 2. The van der Waals surface area contributed by atoms with Crippen molar-refractivity contribution in [3.8, 4) is 17.3 Å². The number of anilines is 2. The van der Waals surface area contributed by atoms with Gasteiger partial charge in [-0.2, -0.15) is 5.10 Å². The van der Waals surface area contributed by atoms with Crippen LogP contribution in [-0.2, 0) is 0 Å². The van der Waals surface area contributed by atoms with E-state index in [1.54, 1.807) is 65.6 Å². The summed E-state index contributed by atoms with van der Waals surface area (Å²) in [6, 6.07) is 15.6. The first-order valence-electron chi connectivity index (χ1n) is 10.7. The summed E-state index contributed by atoms with van der Waals surface area (Å²) in [7, 11) is 0. The molecule has 0 unspecified atom stereocenters. The van der Waals surface area contributed by atoms with Crippen LogP contribution >= 0.6 is 0 Å². The molecule has 2 aromatic heterocycles. The molecule has 0 saturated carbocycles. The van der Waals surface area contributed by atoms with E-state index >= 15 is 0 Å². The van der Waals surface area contributed by atoms with Crippen molar-refractivity contribution < 1.29 is 19.1 Å². The second-order valence-electron chi connectivity index (χ2n) is 7.65. The van der Waals surface area contributed by atoms with E-state index in [9.17, 15) is 9.59 Å². The fourth-order valence-electron chi connectivity index (χ4n) is 3.48. The molecule has 5 rings (SSSR count). The molecule has 0 aliphatic carbocycles. The summed E-state index contributed by atoms with van der Waals surface area (Å²) in [6.07, 6.45) is 4.93. The quantitative estimate of drug-likeness (QED) is 0.473. The molecule has 0 radical (unpaired) electrons. The van der Waals surface area contributed by atoms with Crippen LogP contribution in [0.3, 0.4) is 0 Å². The Balaban J connectivity index is 1.29. The summed E-state index contributed by atoms with van der Waals surface area (Å²) in [5.74, 6) is 1.18. The summed E-state index contributed by atoms with van der Waals surface area (Å²) in [4.78, 5) is 29.8. The molecule has 4 aromatic rings. The Morgan fingerprint density at radius 3 is 2.47 bits per heavy atom. The largest absolute Gasteiger partial charge is 0.486 e. The number of amides is 2. The minimum absolute atomic E-state index is 0.295. The van der Waals surface area contributed by atoms with Crippen LogP contribution < -0.4 is 20.1 Å². The van der Waals surface area contributed by atoms with E-state index in [1.165, 1.54) is 6.20 Å². The molecule has 9 heteroatoms. The summed E-state index contributed by atoms with van der Waals surface area (Å²) in [5, 5.41) is 9.87. The Hall–Kier alpha value is -4.66. The van der Waals surface area contributed by atoms with Gasteiger partial charge in [0, 0.05) is 35.5 Å². The smallest absolute Gasteiger partial charge is 0.257 e. The van der Waals surface area contributed by atoms with Gasteiger partial charge in [-0.3, -0.25) is 9.59 Å². The standard InChI is InChI=1S/C25H21N5O4/c1-16-3-6-19(28-24(31)17-4-7-21-22(13-17)34-12-11-33-21)14-20(16)29-25(32)18-5-8-23(26-15-18)30-10-2-9-27-30/h2-10,13-15H,11-12H2,1H3,(H,28,31)(H,29,32). The number of rotatable bonds is 5. The van der Waals surface area contributed by atoms with Crippen molar-refractivity contribution in [3.63, 3.8) is 0 Å². The zero-order valence-electron chi connectivity index (χ0n) is 18.3. The molecular formula is C25H21N5O4. The third kappa shape index (κ3) is 4.44. The minimum atomic E-state index is -0.307. The molecule has 2 amide bonds. The van der Waals surface area contributed by atoms with Gasteiger partial charge in [0.05, 0.1) is 5.56 Å². The van der Waals surface area contributed by atoms with Crippen molar-refractivity contribution in [2.75, 3.05) is 23.8 Å². The lowest BCUT2D eigenvalue weighted by atomic mass is 10.1. The molecule has 2 N–H and O–H groups in total. The molecule has 2 aromatic carbocycles. The predicted octanol–water partition coefficient (Wildman–Crippen LogP) is 3.85. The normalized spacial score (nSPS) is 12.1. The van der Waals surface area contributed by atoms with Gasteiger partial charge in [0.15, 0.2) is 17.3 Å². The highest BCUT2D eigenvalue weighted by Crippen LogP contribution is 2.31. The Morgan fingerprint density at radius 2 is 1.71 bits per heavy atom. The van der Waals surface area contributed by atoms with Crippen LogP contribution in [0.1, 0.15) is 26.3 Å². The van der Waals surface area contributed by atoms with Crippen LogP contribution in [0.5, 0.6) is 11.5 Å². The van der Waals surface area contributed by atoms with E-state index in [4.69, 9.17) is 9.47 Å². The zero-order valence-corrected chi connectivity index (χ0v) is 18.3. The number of carbonyl (C=O) groups excluding carboxylic acids is 2. The topological polar surface area (TPSA) is 107 Å². The fraction of sp³-hybridized carbons (Fsp3) is 0.120. The SMILES string of the molecule is Cc1ccc(NC(=O)c2ccc3c(c2)OCCO3)cc1NC(=O)c1ccc(-n2cccn2)nc1. The summed E-state index contributed by atoms with van der Waals surface area (Å²) >= 11 is 0. The summed E-state index contributed by atoms with van der Waals surface area (Å²) in [5.41, 5.74) is 2.83. The van der Waals surface area contributed by atoms with E-state index < -0.39 is 0 Å². The van der Waals surface area contributed by atoms with Crippen LogP contribution in [0.25, 0.3) is 5.82 Å². The van der Waals surface area contributed by atoms with Crippen LogP contribution in [0, 0.1) is 6.92 Å². The number of carbonyl (C=O) groups is 2. The first-order chi connectivity index (χ1) is 16.6. The van der Waals surface area contributed by atoms with E-state index in [1.807, 2.05) is 13.0 Å². The molecule has 9 nitrogen and oxygen atoms in total. The Morgan fingerprint density at radius 1 is 0.912 bits per heavy atom. The third-order valence-electron chi connectivity index (χ3n) is 5.30. The van der Waals surface area contributed by atoms with Crippen molar-refractivity contribution in [3.05, 3.63) is 89.9 Å². The van der Waals surface area contributed by atoms with E-state index in [0.29, 0.717) is 53.0 Å². The fourth-order valence-corrected chi connectivity index (χ4v) is 3.48. The van der Waals surface area contributed by atoms with Gasteiger partial charge >= 0.3 is 0 Å². The maximum Gasteiger partial charge on any atom is 0.257 e. The van der Waals surface area contributed by atoms with Gasteiger partial charge in [-0.25, -0.2) is 9.67 Å². The van der Waals surface area contributed by atoms with Gasteiger partial charge in [0.2, 0.25) is 0 Å². The highest BCUT2D eigenvalue weighted by atomic mass is 16.6. The van der Waals surface area contributed by atoms with Gasteiger partial charge in [-0.15, -0.1) is 0 Å².